The van der Waals surface area contributed by atoms with Crippen molar-refractivity contribution in [2.24, 2.45) is 5.92 Å². The Hall–Kier alpha value is -4.67. The van der Waals surface area contributed by atoms with Crippen molar-refractivity contribution in [2.45, 2.75) is 24.2 Å². The largest absolute Gasteiger partial charge is 0.308 e. The topological polar surface area (TPSA) is 30.7 Å². The summed E-state index contributed by atoms with van der Waals surface area (Å²) >= 11 is 1.96. The van der Waals surface area contributed by atoms with E-state index < -0.39 is 0 Å². The highest BCUT2D eigenvalue weighted by atomic mass is 32.2. The zero-order valence-corrected chi connectivity index (χ0v) is 23.8. The van der Waals surface area contributed by atoms with Crippen LogP contribution in [0.2, 0.25) is 0 Å². The van der Waals surface area contributed by atoms with Crippen molar-refractivity contribution >= 4 is 39.1 Å². The van der Waals surface area contributed by atoms with Crippen molar-refractivity contribution in [3.8, 4) is 28.1 Å². The van der Waals surface area contributed by atoms with Crippen LogP contribution >= 0.6 is 11.8 Å². The molecule has 200 valence electrons. The first-order chi connectivity index (χ1) is 20.8. The van der Waals surface area contributed by atoms with Crippen LogP contribution in [-0.4, -0.2) is 14.5 Å². The molecule has 0 amide bonds. The average Bonchev–Trinajstić information content (AvgIpc) is 3.39. The first-order valence-electron chi connectivity index (χ1n) is 14.7. The molecule has 9 rings (SSSR count). The van der Waals surface area contributed by atoms with Crippen molar-refractivity contribution in [2.75, 3.05) is 0 Å². The number of fused-ring (bicyclic) bond motifs is 5. The molecule has 42 heavy (non-hydrogen) atoms. The van der Waals surface area contributed by atoms with Crippen molar-refractivity contribution in [3.63, 3.8) is 0 Å². The summed E-state index contributed by atoms with van der Waals surface area (Å²) in [7, 11) is 0. The number of allylic oxidation sites excluding steroid dienone is 5. The molecule has 0 N–H and O–H groups in total. The summed E-state index contributed by atoms with van der Waals surface area (Å²) in [5, 5.41) is 2.51. The molecule has 3 aromatic heterocycles. The van der Waals surface area contributed by atoms with E-state index in [0.717, 1.165) is 16.9 Å². The molecule has 4 heteroatoms. The number of benzene rings is 3. The van der Waals surface area contributed by atoms with E-state index in [1.807, 2.05) is 30.1 Å². The Balaban J connectivity index is 1.17. The Bertz CT molecular complexity index is 2130. The number of nitrogens with zero attached hydrogens (tertiary/aromatic N) is 3. The molecule has 3 aromatic carbocycles. The van der Waals surface area contributed by atoms with Gasteiger partial charge in [-0.3, -0.25) is 9.97 Å². The van der Waals surface area contributed by atoms with Gasteiger partial charge in [0.1, 0.15) is 0 Å². The summed E-state index contributed by atoms with van der Waals surface area (Å²) in [6.07, 6.45) is 16.4. The monoisotopic (exact) mass is 557 g/mol. The summed E-state index contributed by atoms with van der Waals surface area (Å²) in [5.74, 6) is 0.671. The summed E-state index contributed by atoms with van der Waals surface area (Å²) in [6, 6.07) is 30.9. The minimum absolute atomic E-state index is 0.671. The van der Waals surface area contributed by atoms with Crippen LogP contribution in [0.15, 0.2) is 137 Å². The lowest BCUT2D eigenvalue weighted by atomic mass is 9.78. The van der Waals surface area contributed by atoms with E-state index in [1.165, 1.54) is 73.1 Å². The molecule has 0 fully saturated rings. The molecule has 4 heterocycles. The zero-order valence-electron chi connectivity index (χ0n) is 23.0. The Kier molecular flexibility index (Phi) is 5.39. The van der Waals surface area contributed by atoms with Crippen LogP contribution in [-0.2, 0) is 0 Å². The second kappa shape index (κ2) is 9.43. The third kappa shape index (κ3) is 3.68. The normalized spacial score (nSPS) is 17.3. The van der Waals surface area contributed by atoms with Gasteiger partial charge in [0.15, 0.2) is 0 Å². The van der Waals surface area contributed by atoms with Gasteiger partial charge >= 0.3 is 0 Å². The number of thioether (sulfide) groups is 1. The molecule has 0 saturated heterocycles. The van der Waals surface area contributed by atoms with Crippen molar-refractivity contribution < 1.29 is 0 Å². The van der Waals surface area contributed by atoms with Gasteiger partial charge in [-0.15, -0.1) is 0 Å². The van der Waals surface area contributed by atoms with Gasteiger partial charge in [0.25, 0.3) is 0 Å². The fourth-order valence-corrected chi connectivity index (χ4v) is 8.24. The highest BCUT2D eigenvalue weighted by molar-refractivity contribution is 8.03. The predicted molar refractivity (Wildman–Crippen MR) is 175 cm³/mol. The van der Waals surface area contributed by atoms with Gasteiger partial charge in [-0.1, -0.05) is 60.3 Å². The van der Waals surface area contributed by atoms with E-state index >= 15 is 0 Å². The molecule has 3 nitrogen and oxygen atoms in total. The lowest BCUT2D eigenvalue weighted by Crippen LogP contribution is -2.16. The van der Waals surface area contributed by atoms with Gasteiger partial charge in [-0.2, -0.15) is 0 Å². The van der Waals surface area contributed by atoms with E-state index in [4.69, 9.17) is 4.98 Å². The second-order valence-corrected chi connectivity index (χ2v) is 12.4. The maximum absolute atomic E-state index is 4.81. The summed E-state index contributed by atoms with van der Waals surface area (Å²) in [4.78, 5) is 11.8. The van der Waals surface area contributed by atoms with Crippen LogP contribution in [0.1, 0.15) is 24.8 Å². The van der Waals surface area contributed by atoms with E-state index in [9.17, 15) is 0 Å². The summed E-state index contributed by atoms with van der Waals surface area (Å²) < 4.78 is 2.33. The van der Waals surface area contributed by atoms with E-state index in [-0.39, 0.29) is 0 Å². The maximum atomic E-state index is 4.81. The molecular formula is C38H27N3S. The molecule has 2 aliphatic carbocycles. The Labute approximate surface area is 249 Å². The standard InChI is InChI=1S/C38H27N3S/c1-2-9-34-29(7-1)31-21-26(11-15-35(31)41(34)28-13-14-33(40-23-28)24-17-19-39-20-18-24)27-12-16-36-32(22-27)30-8-3-5-25-6-4-10-37(42-36)38(25)30/h1-3,7-23,25H,4-6H2. The quantitative estimate of drug-likeness (QED) is 0.217. The minimum atomic E-state index is 0.671. The fraction of sp³-hybridized carbons (Fsp3) is 0.105. The summed E-state index contributed by atoms with van der Waals surface area (Å²) in [6.45, 7) is 0. The lowest BCUT2D eigenvalue weighted by molar-refractivity contribution is 0.565. The highest BCUT2D eigenvalue weighted by Gasteiger charge is 2.31. The lowest BCUT2D eigenvalue weighted by Gasteiger charge is -2.34. The van der Waals surface area contributed by atoms with Crippen LogP contribution < -0.4 is 0 Å². The van der Waals surface area contributed by atoms with E-state index in [1.54, 1.807) is 18.0 Å². The number of rotatable bonds is 3. The molecule has 1 unspecified atom stereocenters. The molecule has 0 spiro atoms. The average molecular weight is 558 g/mol. The van der Waals surface area contributed by atoms with Crippen LogP contribution in [0.3, 0.4) is 0 Å². The van der Waals surface area contributed by atoms with Gasteiger partial charge in [-0.25, -0.2) is 0 Å². The Morgan fingerprint density at radius 1 is 0.786 bits per heavy atom. The predicted octanol–water partition coefficient (Wildman–Crippen LogP) is 10.0. The molecule has 0 radical (unpaired) electrons. The SMILES string of the molecule is C1=CC2=C3C(=CCCC3C1)Sc1ccc(-c3ccc4c(c3)c3ccccc3n4-c3ccc(-c4ccncc4)nc3)cc12. The van der Waals surface area contributed by atoms with Crippen molar-refractivity contribution in [3.05, 3.63) is 138 Å². The first kappa shape index (κ1) is 24.0. The van der Waals surface area contributed by atoms with Crippen LogP contribution in [0, 0.1) is 5.92 Å². The van der Waals surface area contributed by atoms with Gasteiger partial charge in [-0.05, 0) is 108 Å². The van der Waals surface area contributed by atoms with Gasteiger partial charge in [0.05, 0.1) is 28.6 Å². The van der Waals surface area contributed by atoms with E-state index in [2.05, 4.69) is 101 Å². The van der Waals surface area contributed by atoms with Crippen molar-refractivity contribution in [1.29, 1.82) is 0 Å². The summed E-state index contributed by atoms with van der Waals surface area (Å²) in [5.41, 5.74) is 12.4. The molecule has 0 bridgehead atoms. The van der Waals surface area contributed by atoms with Gasteiger partial charge in [0, 0.05) is 38.5 Å². The number of hydrogen-bond acceptors (Lipinski definition) is 3. The fourth-order valence-electron chi connectivity index (χ4n) is 7.00. The second-order valence-electron chi connectivity index (χ2n) is 11.3. The van der Waals surface area contributed by atoms with Crippen LogP contribution in [0.5, 0.6) is 0 Å². The molecule has 0 saturated carbocycles. The minimum Gasteiger partial charge on any atom is -0.308 e. The van der Waals surface area contributed by atoms with Crippen LogP contribution in [0.4, 0.5) is 0 Å². The van der Waals surface area contributed by atoms with E-state index in [0.29, 0.717) is 5.92 Å². The van der Waals surface area contributed by atoms with Crippen LogP contribution in [0.25, 0.3) is 55.5 Å². The van der Waals surface area contributed by atoms with Gasteiger partial charge in [0.2, 0.25) is 0 Å². The van der Waals surface area contributed by atoms with Gasteiger partial charge < -0.3 is 4.57 Å². The smallest absolute Gasteiger partial charge is 0.0704 e. The molecular weight excluding hydrogens is 531 g/mol. The maximum Gasteiger partial charge on any atom is 0.0704 e. The number of pyridine rings is 2. The molecule has 1 aliphatic heterocycles. The molecule has 1 atom stereocenters. The Morgan fingerprint density at radius 2 is 1.64 bits per heavy atom. The molecule has 6 aromatic rings. The van der Waals surface area contributed by atoms with Crippen molar-refractivity contribution in [1.82, 2.24) is 14.5 Å². The first-order valence-corrected chi connectivity index (χ1v) is 15.5. The molecule has 3 aliphatic rings. The number of para-hydroxylation sites is 1. The number of aromatic nitrogens is 3. The number of hydrogen-bond donors (Lipinski definition) is 0. The highest BCUT2D eigenvalue weighted by Crippen LogP contribution is 2.53. The Morgan fingerprint density at radius 3 is 2.55 bits per heavy atom. The third-order valence-corrected chi connectivity index (χ3v) is 10.2. The zero-order chi connectivity index (χ0) is 27.6. The third-order valence-electron chi connectivity index (χ3n) is 8.99.